The van der Waals surface area contributed by atoms with Gasteiger partial charge in [0.1, 0.15) is 12.3 Å². The summed E-state index contributed by atoms with van der Waals surface area (Å²) in [6, 6.07) is 10.9. The molecule has 10 heteroatoms. The summed E-state index contributed by atoms with van der Waals surface area (Å²) in [6.45, 7) is 2.71. The Morgan fingerprint density at radius 1 is 1.13 bits per heavy atom. The summed E-state index contributed by atoms with van der Waals surface area (Å²) in [6.07, 6.45) is 1.51. The molecule has 2 aromatic rings. The zero-order chi connectivity index (χ0) is 21.1. The lowest BCUT2D eigenvalue weighted by Crippen LogP contribution is -2.36. The molecule has 0 spiro atoms. The number of nitrogens with zero attached hydrogens (tertiary/aromatic N) is 2. The first-order chi connectivity index (χ1) is 14.5. The summed E-state index contributed by atoms with van der Waals surface area (Å²) in [5.41, 5.74) is 1.66. The molecule has 156 valence electrons. The number of ether oxygens (including phenoxy) is 1. The fraction of sp³-hybridized carbons (Fsp3) is 0.250. The lowest BCUT2D eigenvalue weighted by Gasteiger charge is -2.28. The van der Waals surface area contributed by atoms with Crippen molar-refractivity contribution in [3.8, 4) is 0 Å². The zero-order valence-corrected chi connectivity index (χ0v) is 18.8. The van der Waals surface area contributed by atoms with Gasteiger partial charge in [-0.3, -0.25) is 19.3 Å². The third-order valence-corrected chi connectivity index (χ3v) is 6.06. The van der Waals surface area contributed by atoms with Crippen molar-refractivity contribution in [1.82, 2.24) is 4.90 Å². The number of carbonyl (C=O) groups excluding carboxylic acids is 3. The van der Waals surface area contributed by atoms with Crippen LogP contribution in [0.5, 0.6) is 0 Å². The van der Waals surface area contributed by atoms with Gasteiger partial charge >= 0.3 is 0 Å². The number of anilines is 2. The molecule has 1 aromatic carbocycles. The van der Waals surface area contributed by atoms with Gasteiger partial charge in [0, 0.05) is 30.5 Å². The van der Waals surface area contributed by atoms with E-state index < -0.39 is 17.1 Å². The van der Waals surface area contributed by atoms with Crippen LogP contribution in [0.25, 0.3) is 6.08 Å². The molecule has 2 fully saturated rings. The Balaban J connectivity index is 1.36. The van der Waals surface area contributed by atoms with E-state index in [-0.39, 0.29) is 11.4 Å². The van der Waals surface area contributed by atoms with E-state index in [9.17, 15) is 14.4 Å². The van der Waals surface area contributed by atoms with Crippen LogP contribution < -0.4 is 10.2 Å². The molecular weight excluding hydrogens is 521 g/mol. The molecule has 0 radical (unpaired) electrons. The average molecular weight is 539 g/mol. The number of morpholine rings is 1. The minimum absolute atomic E-state index is 0.230. The lowest BCUT2D eigenvalue weighted by molar-refractivity contribution is -0.127. The van der Waals surface area contributed by atoms with Gasteiger partial charge in [0.05, 0.1) is 18.1 Å². The number of rotatable bonds is 5. The highest BCUT2D eigenvalue weighted by Crippen LogP contribution is 2.32. The van der Waals surface area contributed by atoms with Gasteiger partial charge < -0.3 is 19.4 Å². The molecule has 2 saturated heterocycles. The van der Waals surface area contributed by atoms with Crippen molar-refractivity contribution in [1.29, 1.82) is 0 Å². The minimum Gasteiger partial charge on any atom is -0.451 e. The van der Waals surface area contributed by atoms with Gasteiger partial charge in [-0.05, 0) is 70.8 Å². The summed E-state index contributed by atoms with van der Waals surface area (Å²) in [5, 5.41) is 2.25. The van der Waals surface area contributed by atoms with Crippen LogP contribution in [0, 0.1) is 3.77 Å². The molecule has 0 saturated carbocycles. The molecule has 1 N–H and O–H groups in total. The average Bonchev–Trinajstić information content (AvgIpc) is 3.27. The van der Waals surface area contributed by atoms with Crippen molar-refractivity contribution in [3.05, 3.63) is 50.8 Å². The van der Waals surface area contributed by atoms with E-state index in [1.165, 1.54) is 6.08 Å². The van der Waals surface area contributed by atoms with Gasteiger partial charge in [0.15, 0.2) is 3.77 Å². The van der Waals surface area contributed by atoms with Gasteiger partial charge in [-0.2, -0.15) is 0 Å². The molecule has 0 bridgehead atoms. The fourth-order valence-corrected chi connectivity index (χ4v) is 4.35. The van der Waals surface area contributed by atoms with Crippen molar-refractivity contribution < 1.29 is 23.5 Å². The third-order valence-electron chi connectivity index (χ3n) is 4.57. The predicted octanol–water partition coefficient (Wildman–Crippen LogP) is 3.40. The van der Waals surface area contributed by atoms with Gasteiger partial charge in [0.2, 0.25) is 5.91 Å². The highest BCUT2D eigenvalue weighted by Gasteiger charge is 2.36. The van der Waals surface area contributed by atoms with E-state index in [2.05, 4.69) is 10.2 Å². The maximum Gasteiger partial charge on any atom is 0.294 e. The lowest BCUT2D eigenvalue weighted by atomic mass is 10.2. The maximum absolute atomic E-state index is 12.5. The molecule has 0 aliphatic carbocycles. The van der Waals surface area contributed by atoms with E-state index in [1.54, 1.807) is 24.3 Å². The SMILES string of the molecule is O=C(CN1C(=O)S/C(=C\c2ccc(I)o2)C1=O)Nc1ccc(N2CCOCC2)cc1. The first kappa shape index (κ1) is 20.9. The first-order valence-electron chi connectivity index (χ1n) is 9.23. The highest BCUT2D eigenvalue weighted by atomic mass is 127. The number of furan rings is 1. The van der Waals surface area contributed by atoms with Crippen LogP contribution in [0.1, 0.15) is 5.76 Å². The number of hydrogen-bond donors (Lipinski definition) is 1. The summed E-state index contributed by atoms with van der Waals surface area (Å²) in [4.78, 5) is 40.5. The van der Waals surface area contributed by atoms with Crippen LogP contribution in [-0.2, 0) is 14.3 Å². The normalized spacial score (nSPS) is 18.4. The van der Waals surface area contributed by atoms with Gasteiger partial charge in [-0.25, -0.2) is 0 Å². The van der Waals surface area contributed by atoms with Gasteiger partial charge in [0.25, 0.3) is 11.1 Å². The Kier molecular flexibility index (Phi) is 6.44. The Bertz CT molecular complexity index is 998. The standard InChI is InChI=1S/C20H18IN3O5S/c21-17-6-5-15(29-17)11-16-19(26)24(20(27)30-16)12-18(25)22-13-1-3-14(4-2-13)23-7-9-28-10-8-23/h1-6,11H,7-10,12H2,(H,22,25)/b16-11-. The monoisotopic (exact) mass is 539 g/mol. The van der Waals surface area contributed by atoms with Crippen molar-refractivity contribution in [3.63, 3.8) is 0 Å². The number of halogens is 1. The second-order valence-electron chi connectivity index (χ2n) is 6.60. The van der Waals surface area contributed by atoms with Gasteiger partial charge in [-0.15, -0.1) is 0 Å². The summed E-state index contributed by atoms with van der Waals surface area (Å²) >= 11 is 2.81. The highest BCUT2D eigenvalue weighted by molar-refractivity contribution is 14.1. The minimum atomic E-state index is -0.505. The van der Waals surface area contributed by atoms with E-state index in [0.717, 1.165) is 35.4 Å². The van der Waals surface area contributed by atoms with Crippen LogP contribution in [0.3, 0.4) is 0 Å². The van der Waals surface area contributed by atoms with E-state index in [1.807, 2.05) is 34.7 Å². The number of benzene rings is 1. The molecule has 4 rings (SSSR count). The topological polar surface area (TPSA) is 92.1 Å². The number of hydrogen-bond acceptors (Lipinski definition) is 7. The second-order valence-corrected chi connectivity index (χ2v) is 8.66. The quantitative estimate of drug-likeness (QED) is 0.460. The predicted molar refractivity (Wildman–Crippen MR) is 122 cm³/mol. The molecular formula is C20H18IN3O5S. The molecule has 1 aromatic heterocycles. The third kappa shape index (κ3) is 4.87. The van der Waals surface area contributed by atoms with Crippen LogP contribution in [0.2, 0.25) is 0 Å². The number of nitrogens with one attached hydrogen (secondary N) is 1. The number of carbonyl (C=O) groups is 3. The maximum atomic E-state index is 12.5. The first-order valence-corrected chi connectivity index (χ1v) is 11.1. The summed E-state index contributed by atoms with van der Waals surface area (Å²) in [5.74, 6) is -0.464. The van der Waals surface area contributed by atoms with Crippen molar-refractivity contribution in [2.24, 2.45) is 0 Å². The largest absolute Gasteiger partial charge is 0.451 e. The summed E-state index contributed by atoms with van der Waals surface area (Å²) < 4.78 is 11.4. The fourth-order valence-electron chi connectivity index (χ4n) is 3.09. The number of thioether (sulfide) groups is 1. The molecule has 3 heterocycles. The Hall–Kier alpha value is -2.31. The Morgan fingerprint density at radius 3 is 2.53 bits per heavy atom. The number of amides is 3. The zero-order valence-electron chi connectivity index (χ0n) is 15.8. The van der Waals surface area contributed by atoms with Crippen LogP contribution in [-0.4, -0.2) is 54.8 Å². The molecule has 2 aliphatic heterocycles. The van der Waals surface area contributed by atoms with Gasteiger partial charge in [-0.1, -0.05) is 0 Å². The molecule has 2 aliphatic rings. The molecule has 0 unspecified atom stereocenters. The molecule has 3 amide bonds. The van der Waals surface area contributed by atoms with Crippen molar-refractivity contribution in [2.45, 2.75) is 0 Å². The van der Waals surface area contributed by atoms with E-state index in [4.69, 9.17) is 9.15 Å². The Labute approximate surface area is 190 Å². The number of imide groups is 1. The Morgan fingerprint density at radius 2 is 1.87 bits per heavy atom. The van der Waals surface area contributed by atoms with Crippen LogP contribution in [0.4, 0.5) is 16.2 Å². The van der Waals surface area contributed by atoms with E-state index >= 15 is 0 Å². The van der Waals surface area contributed by atoms with Crippen LogP contribution in [0.15, 0.2) is 45.7 Å². The van der Waals surface area contributed by atoms with Crippen molar-refractivity contribution >= 4 is 68.9 Å². The molecule has 30 heavy (non-hydrogen) atoms. The second kappa shape index (κ2) is 9.23. The van der Waals surface area contributed by atoms with Crippen molar-refractivity contribution in [2.75, 3.05) is 43.1 Å². The van der Waals surface area contributed by atoms with E-state index in [0.29, 0.717) is 28.4 Å². The molecule has 0 atom stereocenters. The van der Waals surface area contributed by atoms with Crippen LogP contribution >= 0.6 is 34.4 Å². The smallest absolute Gasteiger partial charge is 0.294 e. The molecule has 8 nitrogen and oxygen atoms in total. The summed E-state index contributed by atoms with van der Waals surface area (Å²) in [7, 11) is 0.